The third-order valence-electron chi connectivity index (χ3n) is 4.55. The molecule has 0 saturated heterocycles. The van der Waals surface area contributed by atoms with E-state index in [0.717, 1.165) is 5.56 Å². The van der Waals surface area contributed by atoms with Gasteiger partial charge in [-0.3, -0.25) is 4.79 Å². The van der Waals surface area contributed by atoms with Crippen molar-refractivity contribution in [1.82, 2.24) is 0 Å². The third kappa shape index (κ3) is 6.45. The number of carbonyl (C=O) groups excluding carboxylic acids is 1. The van der Waals surface area contributed by atoms with Crippen LogP contribution in [0.15, 0.2) is 78.4 Å². The van der Waals surface area contributed by atoms with E-state index >= 15 is 0 Å². The largest absolute Gasteiger partial charge is 0.490 e. The smallest absolute Gasteiger partial charge is 0.335 e. The monoisotopic (exact) mass is 442 g/mol. The molecule has 0 spiro atoms. The van der Waals surface area contributed by atoms with Crippen molar-refractivity contribution >= 4 is 23.6 Å². The summed E-state index contributed by atoms with van der Waals surface area (Å²) in [5, 5.41) is 21.1. The number of hydrogen-bond donors (Lipinski definition) is 2. The quantitative estimate of drug-likeness (QED) is 0.360. The average Bonchev–Trinajstić information content (AvgIpc) is 2.83. The van der Waals surface area contributed by atoms with E-state index in [0.29, 0.717) is 30.3 Å². The van der Waals surface area contributed by atoms with Gasteiger partial charge in [-0.2, -0.15) is 5.26 Å². The molecular formula is C26H22N2O5. The van der Waals surface area contributed by atoms with E-state index in [1.54, 1.807) is 24.3 Å². The lowest BCUT2D eigenvalue weighted by Gasteiger charge is -2.13. The maximum atomic E-state index is 12.6. The Morgan fingerprint density at radius 1 is 1.00 bits per heavy atom. The van der Waals surface area contributed by atoms with Crippen LogP contribution in [0.4, 0.5) is 5.69 Å². The van der Waals surface area contributed by atoms with Gasteiger partial charge in [-0.25, -0.2) is 4.79 Å². The predicted molar refractivity (Wildman–Crippen MR) is 124 cm³/mol. The van der Waals surface area contributed by atoms with Crippen molar-refractivity contribution in [1.29, 1.82) is 5.26 Å². The molecule has 0 aromatic heterocycles. The highest BCUT2D eigenvalue weighted by molar-refractivity contribution is 6.10. The van der Waals surface area contributed by atoms with Crippen molar-refractivity contribution in [3.05, 3.63) is 95.1 Å². The Morgan fingerprint density at radius 2 is 1.79 bits per heavy atom. The summed E-state index contributed by atoms with van der Waals surface area (Å²) in [5.41, 5.74) is 1.76. The van der Waals surface area contributed by atoms with Gasteiger partial charge in [0.25, 0.3) is 5.91 Å². The van der Waals surface area contributed by atoms with Gasteiger partial charge in [0, 0.05) is 5.69 Å². The van der Waals surface area contributed by atoms with Gasteiger partial charge in [0.05, 0.1) is 12.2 Å². The van der Waals surface area contributed by atoms with E-state index < -0.39 is 11.9 Å². The zero-order chi connectivity index (χ0) is 23.6. The first-order valence-corrected chi connectivity index (χ1v) is 10.2. The fourth-order valence-corrected chi connectivity index (χ4v) is 2.98. The number of nitriles is 1. The molecule has 2 N–H and O–H groups in total. The first kappa shape index (κ1) is 23.1. The number of nitrogens with one attached hydrogen (secondary N) is 1. The van der Waals surface area contributed by atoms with Crippen LogP contribution in [0.25, 0.3) is 6.08 Å². The third-order valence-corrected chi connectivity index (χ3v) is 4.55. The summed E-state index contributed by atoms with van der Waals surface area (Å²) in [5.74, 6) is -0.720. The van der Waals surface area contributed by atoms with Crippen LogP contribution >= 0.6 is 0 Å². The molecule has 0 unspecified atom stereocenters. The molecule has 0 aliphatic heterocycles. The maximum absolute atomic E-state index is 12.6. The number of carboxylic acid groups (broad SMARTS) is 1. The Kier molecular flexibility index (Phi) is 7.81. The van der Waals surface area contributed by atoms with Crippen LogP contribution in [0.2, 0.25) is 0 Å². The molecule has 166 valence electrons. The zero-order valence-corrected chi connectivity index (χ0v) is 17.9. The summed E-state index contributed by atoms with van der Waals surface area (Å²) in [6.07, 6.45) is 1.43. The number of amides is 1. The molecule has 3 aromatic rings. The van der Waals surface area contributed by atoms with E-state index in [2.05, 4.69) is 5.32 Å². The second-order valence-electron chi connectivity index (χ2n) is 6.92. The maximum Gasteiger partial charge on any atom is 0.335 e. The highest BCUT2D eigenvalue weighted by Gasteiger charge is 2.13. The molecule has 0 radical (unpaired) electrons. The number of ether oxygens (including phenoxy) is 2. The standard InChI is InChI=1S/C26H22N2O5/c1-2-32-24-14-19(11-12-23(24)33-17-18-7-4-3-5-8-18)13-21(16-27)25(29)28-22-10-6-9-20(15-22)26(30)31/h3-15H,2,17H2,1H3,(H,28,29)(H,30,31)/b21-13-. The lowest BCUT2D eigenvalue weighted by atomic mass is 10.1. The zero-order valence-electron chi connectivity index (χ0n) is 17.9. The lowest BCUT2D eigenvalue weighted by Crippen LogP contribution is -2.14. The number of carbonyl (C=O) groups is 2. The van der Waals surface area contributed by atoms with Crippen LogP contribution in [0.1, 0.15) is 28.4 Å². The highest BCUT2D eigenvalue weighted by atomic mass is 16.5. The van der Waals surface area contributed by atoms with E-state index in [1.807, 2.05) is 43.3 Å². The first-order chi connectivity index (χ1) is 16.0. The number of carboxylic acids is 1. The SMILES string of the molecule is CCOc1cc(/C=C(/C#N)C(=O)Nc2cccc(C(=O)O)c2)ccc1OCc1ccccc1. The van der Waals surface area contributed by atoms with Crippen LogP contribution in [0.3, 0.4) is 0 Å². The number of benzene rings is 3. The van der Waals surface area contributed by atoms with Crippen LogP contribution in [-0.2, 0) is 11.4 Å². The summed E-state index contributed by atoms with van der Waals surface area (Å²) >= 11 is 0. The van der Waals surface area contributed by atoms with Gasteiger partial charge in [-0.05, 0) is 54.5 Å². The molecule has 0 atom stereocenters. The molecule has 0 bridgehead atoms. The topological polar surface area (TPSA) is 109 Å². The van der Waals surface area contributed by atoms with Crippen LogP contribution < -0.4 is 14.8 Å². The van der Waals surface area contributed by atoms with E-state index in [9.17, 15) is 14.9 Å². The van der Waals surface area contributed by atoms with Gasteiger partial charge in [0.2, 0.25) is 0 Å². The summed E-state index contributed by atoms with van der Waals surface area (Å²) in [7, 11) is 0. The minimum absolute atomic E-state index is 0.0303. The molecule has 0 heterocycles. The Labute approximate surface area is 191 Å². The van der Waals surface area contributed by atoms with Gasteiger partial charge < -0.3 is 19.9 Å². The second-order valence-corrected chi connectivity index (χ2v) is 6.92. The van der Waals surface area contributed by atoms with Crippen molar-refractivity contribution in [3.63, 3.8) is 0 Å². The van der Waals surface area contributed by atoms with E-state index in [4.69, 9.17) is 14.6 Å². The molecule has 1 amide bonds. The summed E-state index contributed by atoms with van der Waals surface area (Å²) in [6.45, 7) is 2.64. The molecule has 7 heteroatoms. The number of aromatic carboxylic acids is 1. The molecule has 7 nitrogen and oxygen atoms in total. The van der Waals surface area contributed by atoms with E-state index in [-0.39, 0.29) is 16.8 Å². The van der Waals surface area contributed by atoms with Gasteiger partial charge in [-0.15, -0.1) is 0 Å². The summed E-state index contributed by atoms with van der Waals surface area (Å²) in [4.78, 5) is 23.7. The van der Waals surface area contributed by atoms with Crippen LogP contribution in [0.5, 0.6) is 11.5 Å². The average molecular weight is 442 g/mol. The highest BCUT2D eigenvalue weighted by Crippen LogP contribution is 2.30. The fourth-order valence-electron chi connectivity index (χ4n) is 2.98. The van der Waals surface area contributed by atoms with Crippen molar-refractivity contribution in [3.8, 4) is 17.6 Å². The van der Waals surface area contributed by atoms with Gasteiger partial charge in [0.15, 0.2) is 11.5 Å². The molecule has 33 heavy (non-hydrogen) atoms. The Hall–Kier alpha value is -4.57. The van der Waals surface area contributed by atoms with Gasteiger partial charge in [0.1, 0.15) is 18.2 Å². The lowest BCUT2D eigenvalue weighted by molar-refractivity contribution is -0.112. The molecule has 3 aromatic carbocycles. The van der Waals surface area contributed by atoms with Crippen molar-refractivity contribution in [2.24, 2.45) is 0 Å². The fraction of sp³-hybridized carbons (Fsp3) is 0.115. The summed E-state index contributed by atoms with van der Waals surface area (Å²) < 4.78 is 11.6. The first-order valence-electron chi connectivity index (χ1n) is 10.2. The van der Waals surface area contributed by atoms with Gasteiger partial charge >= 0.3 is 5.97 Å². The molecular weight excluding hydrogens is 420 g/mol. The minimum Gasteiger partial charge on any atom is -0.490 e. The van der Waals surface area contributed by atoms with Crippen molar-refractivity contribution in [2.45, 2.75) is 13.5 Å². The van der Waals surface area contributed by atoms with Crippen molar-refractivity contribution < 1.29 is 24.2 Å². The predicted octanol–water partition coefficient (Wildman–Crippen LogP) is 4.91. The van der Waals surface area contributed by atoms with Crippen LogP contribution in [-0.4, -0.2) is 23.6 Å². The normalized spacial score (nSPS) is 10.7. The van der Waals surface area contributed by atoms with Crippen molar-refractivity contribution in [2.75, 3.05) is 11.9 Å². The Morgan fingerprint density at radius 3 is 2.48 bits per heavy atom. The summed E-state index contributed by atoms with van der Waals surface area (Å²) in [6, 6.07) is 22.5. The number of rotatable bonds is 9. The molecule has 0 aliphatic rings. The van der Waals surface area contributed by atoms with Crippen LogP contribution in [0, 0.1) is 11.3 Å². The molecule has 3 rings (SSSR count). The number of anilines is 1. The Balaban J connectivity index is 1.78. The molecule has 0 fully saturated rings. The second kappa shape index (κ2) is 11.2. The minimum atomic E-state index is -1.11. The Bertz CT molecular complexity index is 1210. The van der Waals surface area contributed by atoms with E-state index in [1.165, 1.54) is 24.3 Å². The number of hydrogen-bond acceptors (Lipinski definition) is 5. The molecule has 0 saturated carbocycles. The molecule has 0 aliphatic carbocycles. The van der Waals surface area contributed by atoms with Gasteiger partial charge in [-0.1, -0.05) is 42.5 Å². The number of nitrogens with zero attached hydrogens (tertiary/aromatic N) is 1.